The van der Waals surface area contributed by atoms with E-state index >= 15 is 0 Å². The molecule has 0 aliphatic carbocycles. The first-order valence-electron chi connectivity index (χ1n) is 6.88. The van der Waals surface area contributed by atoms with Gasteiger partial charge in [0, 0.05) is 12.7 Å². The minimum absolute atomic E-state index is 0.577. The Morgan fingerprint density at radius 2 is 2.00 bits per heavy atom. The number of nitrogens with zero attached hydrogens (tertiary/aromatic N) is 1. The molecule has 5 nitrogen and oxygen atoms in total. The number of pyridine rings is 1. The second-order valence-electron chi connectivity index (χ2n) is 4.56. The van der Waals surface area contributed by atoms with E-state index in [-0.39, 0.29) is 0 Å². The summed E-state index contributed by atoms with van der Waals surface area (Å²) in [5.41, 5.74) is 2.01. The Balaban J connectivity index is 1.82. The van der Waals surface area contributed by atoms with Gasteiger partial charge in [-0.25, -0.2) is 0 Å². The van der Waals surface area contributed by atoms with Crippen LogP contribution in [-0.4, -0.2) is 30.9 Å². The van der Waals surface area contributed by atoms with E-state index < -0.39 is 0 Å². The van der Waals surface area contributed by atoms with E-state index in [0.717, 1.165) is 35.7 Å². The second-order valence-corrected chi connectivity index (χ2v) is 4.97. The summed E-state index contributed by atoms with van der Waals surface area (Å²) in [6.07, 6.45) is 4.27. The zero-order chi connectivity index (χ0) is 15.8. The summed E-state index contributed by atoms with van der Waals surface area (Å²) in [5, 5.41) is 6.83. The maximum atomic E-state index is 5.29. The Labute approximate surface area is 135 Å². The topological polar surface area (TPSA) is 55.4 Å². The maximum Gasteiger partial charge on any atom is 0.170 e. The van der Waals surface area contributed by atoms with Crippen molar-refractivity contribution in [2.45, 2.75) is 6.42 Å². The molecule has 0 spiro atoms. The first-order valence-corrected chi connectivity index (χ1v) is 7.29. The first kappa shape index (κ1) is 16.0. The summed E-state index contributed by atoms with van der Waals surface area (Å²) < 4.78 is 10.5. The Hall–Kier alpha value is -2.34. The number of aromatic nitrogens is 1. The van der Waals surface area contributed by atoms with Crippen LogP contribution in [0.25, 0.3) is 0 Å². The number of hydrogen-bond donors (Lipinski definition) is 2. The van der Waals surface area contributed by atoms with Crippen LogP contribution in [0.15, 0.2) is 42.7 Å². The minimum Gasteiger partial charge on any atom is -0.493 e. The molecule has 0 saturated carbocycles. The molecule has 2 aromatic rings. The highest BCUT2D eigenvalue weighted by atomic mass is 32.1. The lowest BCUT2D eigenvalue weighted by atomic mass is 10.1. The fourth-order valence-electron chi connectivity index (χ4n) is 1.97. The predicted octanol–water partition coefficient (Wildman–Crippen LogP) is 2.63. The molecule has 0 aliphatic heterocycles. The lowest BCUT2D eigenvalue weighted by Gasteiger charge is -2.12. The largest absolute Gasteiger partial charge is 0.493 e. The average Bonchev–Trinajstić information content (AvgIpc) is 2.55. The first-order chi connectivity index (χ1) is 10.7. The van der Waals surface area contributed by atoms with E-state index in [4.69, 9.17) is 21.7 Å². The van der Waals surface area contributed by atoms with Gasteiger partial charge in [-0.15, -0.1) is 0 Å². The Morgan fingerprint density at radius 3 is 2.68 bits per heavy atom. The van der Waals surface area contributed by atoms with E-state index in [0.29, 0.717) is 5.11 Å². The molecule has 0 unspecified atom stereocenters. The van der Waals surface area contributed by atoms with Crippen molar-refractivity contribution in [2.75, 3.05) is 26.1 Å². The molecule has 0 bridgehead atoms. The molecule has 0 saturated heterocycles. The lowest BCUT2D eigenvalue weighted by molar-refractivity contribution is 0.354. The third-order valence-corrected chi connectivity index (χ3v) is 3.31. The van der Waals surface area contributed by atoms with Crippen molar-refractivity contribution in [3.8, 4) is 11.5 Å². The van der Waals surface area contributed by atoms with Crippen LogP contribution in [0.4, 0.5) is 5.69 Å². The van der Waals surface area contributed by atoms with Gasteiger partial charge >= 0.3 is 0 Å². The number of benzene rings is 1. The molecule has 2 rings (SSSR count). The van der Waals surface area contributed by atoms with Gasteiger partial charge in [0.2, 0.25) is 0 Å². The Bertz CT molecular complexity index is 620. The number of anilines is 1. The van der Waals surface area contributed by atoms with E-state index in [1.54, 1.807) is 26.6 Å². The van der Waals surface area contributed by atoms with Crippen molar-refractivity contribution in [1.82, 2.24) is 10.3 Å². The van der Waals surface area contributed by atoms with E-state index in [2.05, 4.69) is 15.6 Å². The number of methoxy groups -OCH3 is 2. The molecule has 1 aromatic heterocycles. The molecule has 116 valence electrons. The quantitative estimate of drug-likeness (QED) is 0.799. The van der Waals surface area contributed by atoms with Gasteiger partial charge in [-0.05, 0) is 48.5 Å². The third-order valence-electron chi connectivity index (χ3n) is 3.07. The molecule has 0 radical (unpaired) electrons. The van der Waals surface area contributed by atoms with Crippen LogP contribution in [0.5, 0.6) is 11.5 Å². The van der Waals surface area contributed by atoms with Gasteiger partial charge in [0.15, 0.2) is 16.6 Å². The summed E-state index contributed by atoms with van der Waals surface area (Å²) in [6.45, 7) is 0.724. The van der Waals surface area contributed by atoms with Crippen LogP contribution >= 0.6 is 12.2 Å². The fourth-order valence-corrected chi connectivity index (χ4v) is 2.19. The van der Waals surface area contributed by atoms with Gasteiger partial charge in [0.1, 0.15) is 0 Å². The summed E-state index contributed by atoms with van der Waals surface area (Å²) in [7, 11) is 3.26. The summed E-state index contributed by atoms with van der Waals surface area (Å²) in [4.78, 5) is 4.03. The monoisotopic (exact) mass is 317 g/mol. The standard InChI is InChI=1S/C16H19N3O2S/c1-20-14-6-5-12(10-15(14)21-2)7-9-18-16(22)19-13-4-3-8-17-11-13/h3-6,8,10-11H,7,9H2,1-2H3,(H2,18,19,22). The molecule has 0 atom stereocenters. The van der Waals surface area contributed by atoms with Crippen molar-refractivity contribution in [1.29, 1.82) is 0 Å². The molecule has 6 heteroatoms. The SMILES string of the molecule is COc1ccc(CCNC(=S)Nc2cccnc2)cc1OC. The zero-order valence-electron chi connectivity index (χ0n) is 12.6. The van der Waals surface area contributed by atoms with E-state index in [9.17, 15) is 0 Å². The molecule has 2 N–H and O–H groups in total. The van der Waals surface area contributed by atoms with Crippen LogP contribution in [0.1, 0.15) is 5.56 Å². The summed E-state index contributed by atoms with van der Waals surface area (Å²) >= 11 is 5.24. The van der Waals surface area contributed by atoms with Gasteiger partial charge in [-0.1, -0.05) is 6.07 Å². The number of ether oxygens (including phenoxy) is 2. The molecular weight excluding hydrogens is 298 g/mol. The maximum absolute atomic E-state index is 5.29. The van der Waals surface area contributed by atoms with Crippen LogP contribution in [0.2, 0.25) is 0 Å². The highest BCUT2D eigenvalue weighted by Gasteiger charge is 2.04. The number of rotatable bonds is 6. The van der Waals surface area contributed by atoms with Crippen molar-refractivity contribution < 1.29 is 9.47 Å². The molecule has 0 amide bonds. The van der Waals surface area contributed by atoms with Gasteiger partial charge in [0.05, 0.1) is 26.1 Å². The summed E-state index contributed by atoms with van der Waals surface area (Å²) in [5.74, 6) is 1.46. The van der Waals surface area contributed by atoms with Gasteiger partial charge in [-0.3, -0.25) is 4.98 Å². The van der Waals surface area contributed by atoms with Crippen molar-refractivity contribution in [2.24, 2.45) is 0 Å². The summed E-state index contributed by atoms with van der Waals surface area (Å²) in [6, 6.07) is 9.66. The Morgan fingerprint density at radius 1 is 1.18 bits per heavy atom. The molecule has 1 heterocycles. The molecule has 1 aromatic carbocycles. The van der Waals surface area contributed by atoms with E-state index in [1.165, 1.54) is 0 Å². The number of nitrogens with one attached hydrogen (secondary N) is 2. The zero-order valence-corrected chi connectivity index (χ0v) is 13.4. The molecule has 0 fully saturated rings. The van der Waals surface area contributed by atoms with Gasteiger partial charge < -0.3 is 20.1 Å². The van der Waals surface area contributed by atoms with Crippen LogP contribution < -0.4 is 20.1 Å². The highest BCUT2D eigenvalue weighted by molar-refractivity contribution is 7.80. The minimum atomic E-state index is 0.577. The van der Waals surface area contributed by atoms with Crippen molar-refractivity contribution >= 4 is 23.0 Å². The van der Waals surface area contributed by atoms with Gasteiger partial charge in [0.25, 0.3) is 0 Å². The van der Waals surface area contributed by atoms with Crippen molar-refractivity contribution in [3.63, 3.8) is 0 Å². The smallest absolute Gasteiger partial charge is 0.170 e. The average molecular weight is 317 g/mol. The molecular formula is C16H19N3O2S. The molecule has 0 aliphatic rings. The molecule has 22 heavy (non-hydrogen) atoms. The third kappa shape index (κ3) is 4.60. The normalized spacial score (nSPS) is 9.91. The lowest BCUT2D eigenvalue weighted by Crippen LogP contribution is -2.30. The van der Waals surface area contributed by atoms with E-state index in [1.807, 2.05) is 30.3 Å². The van der Waals surface area contributed by atoms with Crippen LogP contribution in [0, 0.1) is 0 Å². The van der Waals surface area contributed by atoms with Gasteiger partial charge in [-0.2, -0.15) is 0 Å². The highest BCUT2D eigenvalue weighted by Crippen LogP contribution is 2.27. The van der Waals surface area contributed by atoms with Crippen molar-refractivity contribution in [3.05, 3.63) is 48.3 Å². The number of thiocarbonyl (C=S) groups is 1. The fraction of sp³-hybridized carbons (Fsp3) is 0.250. The number of hydrogen-bond acceptors (Lipinski definition) is 4. The van der Waals surface area contributed by atoms with Crippen LogP contribution in [0.3, 0.4) is 0 Å². The Kier molecular flexibility index (Phi) is 5.97. The van der Waals surface area contributed by atoms with Crippen LogP contribution in [-0.2, 0) is 6.42 Å². The predicted molar refractivity (Wildman–Crippen MR) is 91.7 cm³/mol. The second kappa shape index (κ2) is 8.19.